The van der Waals surface area contributed by atoms with Crippen LogP contribution >= 0.6 is 0 Å². The Kier molecular flexibility index (Phi) is 7.19. The van der Waals surface area contributed by atoms with Gasteiger partial charge >= 0.3 is 0 Å². The summed E-state index contributed by atoms with van der Waals surface area (Å²) in [5, 5.41) is 14.4. The van der Waals surface area contributed by atoms with Crippen LogP contribution in [0.25, 0.3) is 21.5 Å². The average Bonchev–Trinajstić information content (AvgIpc) is 3.62. The first-order valence-electron chi connectivity index (χ1n) is 11.6. The number of hydrogen-bond acceptors (Lipinski definition) is 5. The zero-order valence-electron chi connectivity index (χ0n) is 19.5. The fraction of sp³-hybridized carbons (Fsp3) is 0.481. The molecule has 0 aliphatic carbocycles. The van der Waals surface area contributed by atoms with E-state index in [0.717, 1.165) is 57.9 Å². The molecule has 0 saturated carbocycles. The van der Waals surface area contributed by atoms with E-state index in [1.165, 1.54) is 0 Å². The normalized spacial score (nSPS) is 17.6. The largest absolute Gasteiger partial charge is 0.507 e. The summed E-state index contributed by atoms with van der Waals surface area (Å²) < 4.78 is 23.7. The molecule has 32 heavy (non-hydrogen) atoms. The van der Waals surface area contributed by atoms with Crippen LogP contribution < -0.4 is 4.74 Å². The third-order valence-corrected chi connectivity index (χ3v) is 6.11. The fourth-order valence-electron chi connectivity index (χ4n) is 3.95. The topological polar surface area (TPSA) is 60.5 Å². The molecular formula is C27H34O5. The molecule has 1 saturated heterocycles. The first kappa shape index (κ1) is 22.8. The number of benzene rings is 3. The van der Waals surface area contributed by atoms with Crippen LogP contribution in [0.3, 0.4) is 0 Å². The quantitative estimate of drug-likeness (QED) is 0.308. The summed E-state index contributed by atoms with van der Waals surface area (Å²) >= 11 is 0. The minimum absolute atomic E-state index is 0.0426. The Morgan fingerprint density at radius 2 is 1.50 bits per heavy atom. The standard InChI is InChI=1S/C27H34O5/c1-5-19(30-15-21-16-31-21)13-29-20(6-2)14-32-27-23-10-8-17(3)11-24(23)26(28)22-9-7-18(4)12-25(22)27/h7-12,19-21,28H,5-6,13-16H2,1-4H3. The highest BCUT2D eigenvalue weighted by Crippen LogP contribution is 2.42. The monoisotopic (exact) mass is 438 g/mol. The molecule has 4 rings (SSSR count). The zero-order chi connectivity index (χ0) is 22.7. The van der Waals surface area contributed by atoms with Crippen molar-refractivity contribution in [3.05, 3.63) is 47.5 Å². The summed E-state index contributed by atoms with van der Waals surface area (Å²) in [5.74, 6) is 1.10. The molecule has 0 radical (unpaired) electrons. The minimum Gasteiger partial charge on any atom is -0.507 e. The molecule has 0 aromatic heterocycles. The van der Waals surface area contributed by atoms with Gasteiger partial charge in [-0.05, 0) is 38.8 Å². The number of epoxide rings is 1. The van der Waals surface area contributed by atoms with Gasteiger partial charge in [-0.15, -0.1) is 0 Å². The van der Waals surface area contributed by atoms with Crippen LogP contribution in [0.2, 0.25) is 0 Å². The molecule has 5 heteroatoms. The first-order chi connectivity index (χ1) is 15.5. The Bertz CT molecular complexity index is 1070. The predicted octanol–water partition coefficient (Wildman–Crippen LogP) is 5.68. The lowest BCUT2D eigenvalue weighted by atomic mass is 9.98. The second-order valence-corrected chi connectivity index (χ2v) is 8.77. The van der Waals surface area contributed by atoms with Gasteiger partial charge in [-0.2, -0.15) is 0 Å². The van der Waals surface area contributed by atoms with Crippen molar-refractivity contribution in [2.24, 2.45) is 0 Å². The van der Waals surface area contributed by atoms with E-state index >= 15 is 0 Å². The van der Waals surface area contributed by atoms with Gasteiger partial charge in [0.05, 0.1) is 32.0 Å². The maximum atomic E-state index is 10.9. The van der Waals surface area contributed by atoms with Gasteiger partial charge in [0.25, 0.3) is 0 Å². The molecule has 3 unspecified atom stereocenters. The molecule has 0 bridgehead atoms. The van der Waals surface area contributed by atoms with Gasteiger partial charge in [-0.3, -0.25) is 0 Å². The molecule has 1 heterocycles. The number of phenols is 1. The summed E-state index contributed by atoms with van der Waals surface area (Å²) in [6.45, 7) is 10.7. The summed E-state index contributed by atoms with van der Waals surface area (Å²) in [5.41, 5.74) is 2.22. The van der Waals surface area contributed by atoms with E-state index in [-0.39, 0.29) is 18.3 Å². The Balaban J connectivity index is 1.54. The molecule has 3 aromatic rings. The van der Waals surface area contributed by atoms with Crippen molar-refractivity contribution in [2.45, 2.75) is 58.8 Å². The summed E-state index contributed by atoms with van der Waals surface area (Å²) in [6, 6.07) is 12.2. The van der Waals surface area contributed by atoms with Crippen LogP contribution in [0.4, 0.5) is 0 Å². The lowest BCUT2D eigenvalue weighted by Gasteiger charge is -2.22. The van der Waals surface area contributed by atoms with Gasteiger partial charge in [-0.1, -0.05) is 49.2 Å². The number of rotatable bonds is 11. The van der Waals surface area contributed by atoms with E-state index in [9.17, 15) is 5.11 Å². The highest BCUT2D eigenvalue weighted by molar-refractivity contribution is 6.11. The van der Waals surface area contributed by atoms with Crippen LogP contribution in [0.15, 0.2) is 36.4 Å². The van der Waals surface area contributed by atoms with Gasteiger partial charge in [-0.25, -0.2) is 0 Å². The molecule has 172 valence electrons. The van der Waals surface area contributed by atoms with Crippen molar-refractivity contribution in [3.8, 4) is 11.5 Å². The van der Waals surface area contributed by atoms with Crippen molar-refractivity contribution >= 4 is 21.5 Å². The maximum absolute atomic E-state index is 10.9. The van der Waals surface area contributed by atoms with Crippen molar-refractivity contribution < 1.29 is 24.1 Å². The Morgan fingerprint density at radius 1 is 0.875 bits per heavy atom. The van der Waals surface area contributed by atoms with Gasteiger partial charge in [0.2, 0.25) is 0 Å². The van der Waals surface area contributed by atoms with E-state index < -0.39 is 0 Å². The highest BCUT2D eigenvalue weighted by Gasteiger charge is 2.24. The summed E-state index contributed by atoms with van der Waals surface area (Å²) in [6.07, 6.45) is 2.02. The number of ether oxygens (including phenoxy) is 4. The number of aromatic hydroxyl groups is 1. The summed E-state index contributed by atoms with van der Waals surface area (Å²) in [4.78, 5) is 0. The Labute approximate surface area is 190 Å². The lowest BCUT2D eigenvalue weighted by molar-refractivity contribution is -0.0593. The number of hydrogen-bond donors (Lipinski definition) is 1. The number of fused-ring (bicyclic) bond motifs is 2. The number of phenolic OH excluding ortho intramolecular Hbond substituents is 1. The average molecular weight is 439 g/mol. The smallest absolute Gasteiger partial charge is 0.135 e. The second kappa shape index (κ2) is 10.1. The predicted molar refractivity (Wildman–Crippen MR) is 128 cm³/mol. The van der Waals surface area contributed by atoms with E-state index in [1.807, 2.05) is 31.2 Å². The third-order valence-electron chi connectivity index (χ3n) is 6.11. The van der Waals surface area contributed by atoms with E-state index in [2.05, 4.69) is 32.9 Å². The molecule has 1 aliphatic rings. The molecule has 3 atom stereocenters. The molecule has 3 aromatic carbocycles. The van der Waals surface area contributed by atoms with Crippen molar-refractivity contribution in [3.63, 3.8) is 0 Å². The molecular weight excluding hydrogens is 404 g/mol. The molecule has 0 spiro atoms. The van der Waals surface area contributed by atoms with E-state index in [0.29, 0.717) is 25.6 Å². The van der Waals surface area contributed by atoms with Crippen molar-refractivity contribution in [1.29, 1.82) is 0 Å². The SMILES string of the molecule is CCC(COc1c2ccc(C)cc2c(O)c2ccc(C)cc12)OCC(CC)OCC1CO1. The lowest BCUT2D eigenvalue weighted by Crippen LogP contribution is -2.28. The molecule has 5 nitrogen and oxygen atoms in total. The fourth-order valence-corrected chi connectivity index (χ4v) is 3.95. The van der Waals surface area contributed by atoms with E-state index in [4.69, 9.17) is 18.9 Å². The van der Waals surface area contributed by atoms with Crippen LogP contribution in [0.5, 0.6) is 11.5 Å². The van der Waals surface area contributed by atoms with Gasteiger partial charge in [0, 0.05) is 21.5 Å². The molecule has 1 aliphatic heterocycles. The Hall–Kier alpha value is -2.34. The first-order valence-corrected chi connectivity index (χ1v) is 11.6. The Morgan fingerprint density at radius 3 is 2.16 bits per heavy atom. The van der Waals surface area contributed by atoms with Crippen LogP contribution in [-0.2, 0) is 14.2 Å². The minimum atomic E-state index is -0.0426. The van der Waals surface area contributed by atoms with E-state index in [1.54, 1.807) is 0 Å². The summed E-state index contributed by atoms with van der Waals surface area (Å²) in [7, 11) is 0. The molecule has 1 fully saturated rings. The van der Waals surface area contributed by atoms with Crippen molar-refractivity contribution in [1.82, 2.24) is 0 Å². The van der Waals surface area contributed by atoms with Gasteiger partial charge < -0.3 is 24.1 Å². The van der Waals surface area contributed by atoms with Crippen LogP contribution in [-0.4, -0.2) is 49.8 Å². The van der Waals surface area contributed by atoms with Crippen molar-refractivity contribution in [2.75, 3.05) is 26.4 Å². The van der Waals surface area contributed by atoms with Crippen LogP contribution in [0, 0.1) is 13.8 Å². The third kappa shape index (κ3) is 5.17. The second-order valence-electron chi connectivity index (χ2n) is 8.77. The van der Waals surface area contributed by atoms with Gasteiger partial charge in [0.1, 0.15) is 24.2 Å². The van der Waals surface area contributed by atoms with Crippen LogP contribution in [0.1, 0.15) is 37.8 Å². The molecule has 1 N–H and O–H groups in total. The zero-order valence-corrected chi connectivity index (χ0v) is 19.5. The molecule has 0 amide bonds. The highest BCUT2D eigenvalue weighted by atomic mass is 16.6. The van der Waals surface area contributed by atoms with Gasteiger partial charge in [0.15, 0.2) is 0 Å². The maximum Gasteiger partial charge on any atom is 0.135 e. The number of aryl methyl sites for hydroxylation is 2.